The van der Waals surface area contributed by atoms with Crippen molar-refractivity contribution in [2.45, 2.75) is 6.92 Å². The number of benzene rings is 1. The smallest absolute Gasteiger partial charge is 0.296 e. The first-order valence-corrected chi connectivity index (χ1v) is 5.42. The highest BCUT2D eigenvalue weighted by atomic mass is 16.6. The predicted molar refractivity (Wildman–Crippen MR) is 69.1 cm³/mol. The van der Waals surface area contributed by atoms with Gasteiger partial charge in [-0.15, -0.1) is 10.2 Å². The van der Waals surface area contributed by atoms with Gasteiger partial charge in [0.05, 0.1) is 4.92 Å². The molecule has 0 atom stereocenters. The number of hydrogen-bond acceptors (Lipinski definition) is 5. The molecule has 0 aliphatic carbocycles. The third-order valence-corrected chi connectivity index (χ3v) is 2.45. The number of hydrogen-bond donors (Lipinski definition) is 1. The van der Waals surface area contributed by atoms with Crippen molar-refractivity contribution in [1.82, 2.24) is 4.98 Å². The molecule has 0 saturated heterocycles. The molecular weight excluding hydrogens is 248 g/mol. The molecule has 0 unspecified atom stereocenters. The van der Waals surface area contributed by atoms with Crippen LogP contribution in [0.2, 0.25) is 0 Å². The number of azo groups is 1. The molecule has 0 amide bonds. The lowest BCUT2D eigenvalue weighted by atomic mass is 10.2. The summed E-state index contributed by atoms with van der Waals surface area (Å²) in [4.78, 5) is 23.8. The Bertz CT molecular complexity index is 706. The minimum Gasteiger partial charge on any atom is -0.327 e. The van der Waals surface area contributed by atoms with Gasteiger partial charge in [-0.25, -0.2) is 0 Å². The first-order chi connectivity index (χ1) is 9.08. The normalized spacial score (nSPS) is 10.8. The van der Waals surface area contributed by atoms with Gasteiger partial charge in [-0.3, -0.25) is 14.9 Å². The number of aromatic amines is 1. The molecule has 1 aromatic heterocycles. The molecule has 0 aliphatic heterocycles. The van der Waals surface area contributed by atoms with Crippen LogP contribution in [-0.4, -0.2) is 9.91 Å². The van der Waals surface area contributed by atoms with Gasteiger partial charge in [-0.1, -0.05) is 12.1 Å². The molecule has 0 radical (unpaired) electrons. The van der Waals surface area contributed by atoms with Gasteiger partial charge in [0.2, 0.25) is 5.56 Å². The Morgan fingerprint density at radius 3 is 2.58 bits per heavy atom. The molecular formula is C12H10N4O3. The van der Waals surface area contributed by atoms with E-state index in [1.165, 1.54) is 24.4 Å². The minimum atomic E-state index is -0.520. The van der Waals surface area contributed by atoms with E-state index in [0.717, 1.165) is 0 Å². The lowest BCUT2D eigenvalue weighted by Crippen LogP contribution is -2.02. The van der Waals surface area contributed by atoms with Gasteiger partial charge < -0.3 is 4.98 Å². The van der Waals surface area contributed by atoms with Crippen molar-refractivity contribution in [3.63, 3.8) is 0 Å². The fraction of sp³-hybridized carbons (Fsp3) is 0.0833. The molecule has 0 saturated carbocycles. The largest absolute Gasteiger partial charge is 0.327 e. The summed E-state index contributed by atoms with van der Waals surface area (Å²) in [6.45, 7) is 1.71. The van der Waals surface area contributed by atoms with Crippen LogP contribution < -0.4 is 5.56 Å². The van der Waals surface area contributed by atoms with Crippen LogP contribution in [0, 0.1) is 17.0 Å². The second-order valence-corrected chi connectivity index (χ2v) is 3.81. The van der Waals surface area contributed by atoms with Crippen molar-refractivity contribution in [3.05, 3.63) is 62.6 Å². The lowest BCUT2D eigenvalue weighted by molar-refractivity contribution is -0.384. The highest BCUT2D eigenvalue weighted by molar-refractivity contribution is 5.56. The topological polar surface area (TPSA) is 101 Å². The van der Waals surface area contributed by atoms with Crippen molar-refractivity contribution in [2.75, 3.05) is 0 Å². The molecule has 7 nitrogen and oxygen atoms in total. The highest BCUT2D eigenvalue weighted by Gasteiger charge is 2.11. The fourth-order valence-electron chi connectivity index (χ4n) is 1.48. The van der Waals surface area contributed by atoms with Crippen LogP contribution in [0.25, 0.3) is 0 Å². The van der Waals surface area contributed by atoms with E-state index in [0.29, 0.717) is 11.3 Å². The second-order valence-electron chi connectivity index (χ2n) is 3.81. The number of H-pyrrole nitrogens is 1. The predicted octanol–water partition coefficient (Wildman–Crippen LogP) is 3.01. The Morgan fingerprint density at radius 2 is 1.89 bits per heavy atom. The number of nitro groups is 1. The second kappa shape index (κ2) is 5.21. The number of aryl methyl sites for hydroxylation is 1. The molecule has 96 valence electrons. The maximum absolute atomic E-state index is 11.0. The monoisotopic (exact) mass is 258 g/mol. The number of nitrogens with one attached hydrogen (secondary N) is 1. The lowest BCUT2D eigenvalue weighted by Gasteiger charge is -1.97. The molecule has 0 fully saturated rings. The molecule has 19 heavy (non-hydrogen) atoms. The molecule has 0 aliphatic rings. The number of para-hydroxylation sites is 1. The first-order valence-electron chi connectivity index (χ1n) is 5.42. The van der Waals surface area contributed by atoms with Gasteiger partial charge in [-0.05, 0) is 18.6 Å². The molecule has 1 aromatic carbocycles. The summed E-state index contributed by atoms with van der Waals surface area (Å²) in [6.07, 6.45) is 1.41. The zero-order valence-corrected chi connectivity index (χ0v) is 10.0. The summed E-state index contributed by atoms with van der Waals surface area (Å²) in [5.74, 6) is 0. The maximum atomic E-state index is 11.0. The summed E-state index contributed by atoms with van der Waals surface area (Å²) in [5.41, 5.74) is 0.914. The van der Waals surface area contributed by atoms with Crippen LogP contribution in [-0.2, 0) is 0 Å². The average Bonchev–Trinajstić information content (AvgIpc) is 2.38. The molecule has 0 spiro atoms. The Labute approximate surface area is 107 Å². The summed E-state index contributed by atoms with van der Waals surface area (Å²) in [6, 6.07) is 7.44. The SMILES string of the molecule is Cc1cc(=O)[nH]cc1N=Nc1ccccc1[N+](=O)[O-]. The summed E-state index contributed by atoms with van der Waals surface area (Å²) in [5, 5.41) is 18.6. The summed E-state index contributed by atoms with van der Waals surface area (Å²) >= 11 is 0. The molecule has 1 heterocycles. The van der Waals surface area contributed by atoms with Gasteiger partial charge in [0.1, 0.15) is 5.69 Å². The Morgan fingerprint density at radius 1 is 1.21 bits per heavy atom. The van der Waals surface area contributed by atoms with E-state index in [2.05, 4.69) is 15.2 Å². The van der Waals surface area contributed by atoms with Crippen LogP contribution in [0.5, 0.6) is 0 Å². The van der Waals surface area contributed by atoms with Crippen LogP contribution in [0.3, 0.4) is 0 Å². The van der Waals surface area contributed by atoms with Crippen LogP contribution >= 0.6 is 0 Å². The molecule has 1 N–H and O–H groups in total. The van der Waals surface area contributed by atoms with Crippen LogP contribution in [0.15, 0.2) is 51.6 Å². The number of nitro benzene ring substituents is 1. The molecule has 7 heteroatoms. The first kappa shape index (κ1) is 12.6. The number of rotatable bonds is 3. The number of nitrogens with zero attached hydrogens (tertiary/aromatic N) is 3. The zero-order chi connectivity index (χ0) is 13.8. The maximum Gasteiger partial charge on any atom is 0.296 e. The van der Waals surface area contributed by atoms with Crippen molar-refractivity contribution in [3.8, 4) is 0 Å². The number of aromatic nitrogens is 1. The van der Waals surface area contributed by atoms with E-state index in [1.54, 1.807) is 19.1 Å². The Balaban J connectivity index is 2.38. The fourth-order valence-corrected chi connectivity index (χ4v) is 1.48. The van der Waals surface area contributed by atoms with E-state index in [4.69, 9.17) is 0 Å². The van der Waals surface area contributed by atoms with Crippen molar-refractivity contribution in [1.29, 1.82) is 0 Å². The average molecular weight is 258 g/mol. The van der Waals surface area contributed by atoms with Crippen LogP contribution in [0.4, 0.5) is 17.1 Å². The molecule has 2 aromatic rings. The highest BCUT2D eigenvalue weighted by Crippen LogP contribution is 2.28. The van der Waals surface area contributed by atoms with E-state index < -0.39 is 4.92 Å². The third kappa shape index (κ3) is 2.89. The summed E-state index contributed by atoms with van der Waals surface area (Å²) < 4.78 is 0. The van der Waals surface area contributed by atoms with E-state index in [9.17, 15) is 14.9 Å². The Hall–Kier alpha value is -2.83. The van der Waals surface area contributed by atoms with E-state index in [-0.39, 0.29) is 16.9 Å². The minimum absolute atomic E-state index is 0.117. The summed E-state index contributed by atoms with van der Waals surface area (Å²) in [7, 11) is 0. The van der Waals surface area contributed by atoms with E-state index >= 15 is 0 Å². The number of pyridine rings is 1. The zero-order valence-electron chi connectivity index (χ0n) is 10.0. The van der Waals surface area contributed by atoms with Crippen molar-refractivity contribution < 1.29 is 4.92 Å². The molecule has 0 bridgehead atoms. The standard InChI is InChI=1S/C12H10N4O3/c1-8-6-12(17)13-7-10(8)15-14-9-4-2-3-5-11(9)16(18)19/h2-7H,1H3,(H,13,17). The van der Waals surface area contributed by atoms with Gasteiger partial charge in [-0.2, -0.15) is 0 Å². The van der Waals surface area contributed by atoms with Crippen molar-refractivity contribution in [2.24, 2.45) is 10.2 Å². The third-order valence-electron chi connectivity index (χ3n) is 2.45. The molecule has 2 rings (SSSR count). The van der Waals surface area contributed by atoms with Gasteiger partial charge in [0.15, 0.2) is 5.69 Å². The van der Waals surface area contributed by atoms with Crippen molar-refractivity contribution >= 4 is 17.1 Å². The van der Waals surface area contributed by atoms with E-state index in [1.807, 2.05) is 0 Å². The van der Waals surface area contributed by atoms with Gasteiger partial charge >= 0.3 is 0 Å². The van der Waals surface area contributed by atoms with Gasteiger partial charge in [0, 0.05) is 18.3 Å². The van der Waals surface area contributed by atoms with Gasteiger partial charge in [0.25, 0.3) is 5.69 Å². The van der Waals surface area contributed by atoms with Crippen LogP contribution in [0.1, 0.15) is 5.56 Å². The quantitative estimate of drug-likeness (QED) is 0.520. The Kier molecular flexibility index (Phi) is 3.46.